The molecular formula is C18H17BrO5. The van der Waals surface area contributed by atoms with E-state index in [1.165, 1.54) is 0 Å². The van der Waals surface area contributed by atoms with Gasteiger partial charge in [0.15, 0.2) is 6.10 Å². The maximum absolute atomic E-state index is 12.7. The van der Waals surface area contributed by atoms with Crippen molar-refractivity contribution >= 4 is 33.7 Å². The normalized spacial score (nSPS) is 37.2. The van der Waals surface area contributed by atoms with Crippen molar-refractivity contribution in [1.82, 2.24) is 0 Å². The van der Waals surface area contributed by atoms with Gasteiger partial charge in [-0.2, -0.15) is 0 Å². The van der Waals surface area contributed by atoms with Crippen LogP contribution < -0.4 is 0 Å². The van der Waals surface area contributed by atoms with Gasteiger partial charge in [0.25, 0.3) is 0 Å². The van der Waals surface area contributed by atoms with Crippen LogP contribution in [0.5, 0.6) is 0 Å². The first-order chi connectivity index (χ1) is 11.5. The Bertz CT molecular complexity index is 703. The third-order valence-corrected chi connectivity index (χ3v) is 6.72. The lowest BCUT2D eigenvalue weighted by atomic mass is 9.80. The Kier molecular flexibility index (Phi) is 3.75. The third-order valence-electron chi connectivity index (χ3n) is 5.52. The van der Waals surface area contributed by atoms with Gasteiger partial charge in [0.1, 0.15) is 6.10 Å². The van der Waals surface area contributed by atoms with E-state index in [0.717, 1.165) is 6.42 Å². The number of Topliss-reactive ketones (excluding diaryl/α,β-unsaturated/α-hetero) is 1. The summed E-state index contributed by atoms with van der Waals surface area (Å²) in [6, 6.07) is 8.74. The number of ketones is 1. The predicted molar refractivity (Wildman–Crippen MR) is 87.5 cm³/mol. The van der Waals surface area contributed by atoms with Crippen LogP contribution in [0.4, 0.5) is 0 Å². The van der Waals surface area contributed by atoms with E-state index in [2.05, 4.69) is 15.9 Å². The van der Waals surface area contributed by atoms with Gasteiger partial charge >= 0.3 is 11.9 Å². The van der Waals surface area contributed by atoms with Crippen molar-refractivity contribution in [3.8, 4) is 0 Å². The van der Waals surface area contributed by atoms with Crippen molar-refractivity contribution < 1.29 is 23.9 Å². The van der Waals surface area contributed by atoms with Crippen molar-refractivity contribution in [3.63, 3.8) is 0 Å². The van der Waals surface area contributed by atoms with Crippen LogP contribution in [-0.4, -0.2) is 34.8 Å². The smallest absolute Gasteiger partial charge is 0.310 e. The molecule has 126 valence electrons. The SMILES string of the molecule is C[C@H](OC(=O)[C@@H]1[C@H]2C[C@H]3[C@H](OC(=O)[C@H]31)[C@H]2Br)C(=O)c1ccccc1. The van der Waals surface area contributed by atoms with Crippen LogP contribution in [0.25, 0.3) is 0 Å². The number of ether oxygens (including phenoxy) is 2. The first kappa shape index (κ1) is 15.8. The summed E-state index contributed by atoms with van der Waals surface area (Å²) in [5, 5.41) is 0. The van der Waals surface area contributed by atoms with E-state index in [-0.39, 0.29) is 34.5 Å². The number of halogens is 1. The number of fused-ring (bicyclic) bond motifs is 1. The van der Waals surface area contributed by atoms with Gasteiger partial charge < -0.3 is 9.47 Å². The number of esters is 2. The number of benzene rings is 1. The zero-order valence-electron chi connectivity index (χ0n) is 13.1. The average molecular weight is 393 g/mol. The molecule has 1 aliphatic heterocycles. The van der Waals surface area contributed by atoms with Crippen LogP contribution in [0.2, 0.25) is 0 Å². The van der Waals surface area contributed by atoms with E-state index in [0.29, 0.717) is 5.56 Å². The lowest BCUT2D eigenvalue weighted by Gasteiger charge is -2.27. The molecular weight excluding hydrogens is 376 g/mol. The highest BCUT2D eigenvalue weighted by Gasteiger charge is 2.68. The second kappa shape index (κ2) is 5.69. The van der Waals surface area contributed by atoms with Gasteiger partial charge in [-0.15, -0.1) is 0 Å². The summed E-state index contributed by atoms with van der Waals surface area (Å²) in [4.78, 5) is 37.1. The Labute approximate surface area is 147 Å². The highest BCUT2D eigenvalue weighted by atomic mass is 79.9. The molecule has 2 aliphatic carbocycles. The van der Waals surface area contributed by atoms with Crippen LogP contribution in [0.1, 0.15) is 23.7 Å². The summed E-state index contributed by atoms with van der Waals surface area (Å²) in [5.74, 6) is -1.83. The summed E-state index contributed by atoms with van der Waals surface area (Å²) < 4.78 is 10.8. The quantitative estimate of drug-likeness (QED) is 0.446. The Morgan fingerprint density at radius 1 is 1.25 bits per heavy atom. The molecule has 4 rings (SSSR count). The molecule has 0 N–H and O–H groups in total. The standard InChI is InChI=1S/C18H17BrO5/c1-8(15(20)9-5-3-2-4-6-9)23-17(21)12-10-7-11-13(12)18(22)24-16(11)14(10)19/h2-6,8,10-14,16H,7H2,1H3/t8-,10+,11+,12+,13+,14-,16-/m0/s1. The monoisotopic (exact) mass is 392 g/mol. The summed E-state index contributed by atoms with van der Waals surface area (Å²) in [7, 11) is 0. The minimum atomic E-state index is -0.874. The molecule has 1 heterocycles. The topological polar surface area (TPSA) is 69.7 Å². The van der Waals surface area contributed by atoms with E-state index < -0.39 is 23.9 Å². The lowest BCUT2D eigenvalue weighted by Crippen LogP contribution is -2.40. The number of alkyl halides is 1. The Morgan fingerprint density at radius 2 is 1.96 bits per heavy atom. The van der Waals surface area contributed by atoms with Crippen LogP contribution in [0.15, 0.2) is 30.3 Å². The molecule has 24 heavy (non-hydrogen) atoms. The number of hydrogen-bond donors (Lipinski definition) is 0. The maximum atomic E-state index is 12.7. The lowest BCUT2D eigenvalue weighted by molar-refractivity contribution is -0.157. The summed E-state index contributed by atoms with van der Waals surface area (Å²) >= 11 is 3.56. The fraction of sp³-hybridized carbons (Fsp3) is 0.500. The number of hydrogen-bond acceptors (Lipinski definition) is 5. The van der Waals surface area contributed by atoms with Gasteiger partial charge in [0.2, 0.25) is 5.78 Å². The number of rotatable bonds is 4. The summed E-state index contributed by atoms with van der Waals surface area (Å²) in [6.45, 7) is 1.57. The van der Waals surface area contributed by atoms with Crippen molar-refractivity contribution in [2.75, 3.05) is 0 Å². The fourth-order valence-corrected chi connectivity index (χ4v) is 5.48. The Morgan fingerprint density at radius 3 is 2.67 bits per heavy atom. The molecule has 7 atom stereocenters. The van der Waals surface area contributed by atoms with E-state index in [9.17, 15) is 14.4 Å². The van der Waals surface area contributed by atoms with Crippen molar-refractivity contribution in [1.29, 1.82) is 0 Å². The fourth-order valence-electron chi connectivity index (χ4n) is 4.44. The molecule has 1 aromatic carbocycles. The van der Waals surface area contributed by atoms with E-state index in [1.54, 1.807) is 31.2 Å². The van der Waals surface area contributed by atoms with E-state index >= 15 is 0 Å². The molecule has 0 spiro atoms. The molecule has 2 saturated carbocycles. The first-order valence-corrected chi connectivity index (χ1v) is 9.05. The summed E-state index contributed by atoms with van der Waals surface area (Å²) in [6.07, 6.45) is -0.210. The van der Waals surface area contributed by atoms with Gasteiger partial charge in [-0.05, 0) is 19.3 Å². The largest absolute Gasteiger partial charge is 0.461 e. The highest BCUT2D eigenvalue weighted by Crippen LogP contribution is 2.60. The van der Waals surface area contributed by atoms with Crippen molar-refractivity contribution in [2.45, 2.75) is 30.4 Å². The molecule has 5 nitrogen and oxygen atoms in total. The van der Waals surface area contributed by atoms with Crippen molar-refractivity contribution in [3.05, 3.63) is 35.9 Å². The van der Waals surface area contributed by atoms with Crippen LogP contribution in [0, 0.1) is 23.7 Å². The number of carbonyl (C=O) groups excluding carboxylic acids is 3. The van der Waals surface area contributed by atoms with Gasteiger partial charge in [-0.1, -0.05) is 46.3 Å². The van der Waals surface area contributed by atoms with E-state index in [1.807, 2.05) is 6.07 Å². The van der Waals surface area contributed by atoms with Gasteiger partial charge in [0, 0.05) is 11.5 Å². The maximum Gasteiger partial charge on any atom is 0.310 e. The zero-order chi connectivity index (χ0) is 17.0. The Balaban J connectivity index is 1.49. The average Bonchev–Trinajstić information content (AvgIpc) is 3.19. The van der Waals surface area contributed by atoms with Crippen LogP contribution in [0.3, 0.4) is 0 Å². The highest BCUT2D eigenvalue weighted by molar-refractivity contribution is 9.09. The van der Waals surface area contributed by atoms with Crippen LogP contribution in [-0.2, 0) is 19.1 Å². The minimum absolute atomic E-state index is 0.0112. The second-order valence-corrected chi connectivity index (χ2v) is 7.83. The molecule has 0 unspecified atom stereocenters. The zero-order valence-corrected chi connectivity index (χ0v) is 14.6. The molecule has 1 aromatic rings. The first-order valence-electron chi connectivity index (χ1n) is 8.13. The third kappa shape index (κ3) is 2.23. The molecule has 3 aliphatic rings. The summed E-state index contributed by atoms with van der Waals surface area (Å²) in [5.41, 5.74) is 0.504. The van der Waals surface area contributed by atoms with Gasteiger partial charge in [-0.3, -0.25) is 14.4 Å². The van der Waals surface area contributed by atoms with Crippen molar-refractivity contribution in [2.24, 2.45) is 23.7 Å². The molecule has 2 bridgehead atoms. The molecule has 0 amide bonds. The minimum Gasteiger partial charge on any atom is -0.461 e. The Hall–Kier alpha value is -1.69. The molecule has 6 heteroatoms. The van der Waals surface area contributed by atoms with Gasteiger partial charge in [0.05, 0.1) is 16.7 Å². The number of carbonyl (C=O) groups is 3. The molecule has 1 saturated heterocycles. The van der Waals surface area contributed by atoms with Gasteiger partial charge in [-0.25, -0.2) is 0 Å². The van der Waals surface area contributed by atoms with Crippen LogP contribution >= 0.6 is 15.9 Å². The molecule has 0 radical (unpaired) electrons. The second-order valence-electron chi connectivity index (χ2n) is 6.77. The molecule has 0 aromatic heterocycles. The predicted octanol–water partition coefficient (Wildman–Crippen LogP) is 2.37. The molecule has 3 fully saturated rings. The van der Waals surface area contributed by atoms with E-state index in [4.69, 9.17) is 9.47 Å².